The summed E-state index contributed by atoms with van der Waals surface area (Å²) < 4.78 is 46.7. The van der Waals surface area contributed by atoms with E-state index in [1.165, 1.54) is 18.2 Å². The lowest BCUT2D eigenvalue weighted by atomic mass is 10.0. The molecule has 1 heterocycles. The predicted molar refractivity (Wildman–Crippen MR) is 80.8 cm³/mol. The highest BCUT2D eigenvalue weighted by Gasteiger charge is 2.27. The van der Waals surface area contributed by atoms with Gasteiger partial charge in [0.1, 0.15) is 11.6 Å². The van der Waals surface area contributed by atoms with Crippen LogP contribution >= 0.6 is 0 Å². The largest absolute Gasteiger partial charge is 0.493 e. The second-order valence-corrected chi connectivity index (χ2v) is 6.94. The van der Waals surface area contributed by atoms with Crippen LogP contribution in [0.1, 0.15) is 23.6 Å². The van der Waals surface area contributed by atoms with E-state index in [-0.39, 0.29) is 4.90 Å². The summed E-state index contributed by atoms with van der Waals surface area (Å²) in [6, 6.07) is 10.4. The zero-order valence-corrected chi connectivity index (χ0v) is 12.9. The van der Waals surface area contributed by atoms with Gasteiger partial charge in [-0.25, -0.2) is 17.5 Å². The van der Waals surface area contributed by atoms with Gasteiger partial charge in [-0.15, -0.1) is 0 Å². The smallest absolute Gasteiger partial charge is 0.241 e. The van der Waals surface area contributed by atoms with Crippen molar-refractivity contribution in [1.29, 1.82) is 0 Å². The van der Waals surface area contributed by atoms with Gasteiger partial charge in [-0.2, -0.15) is 0 Å². The van der Waals surface area contributed by atoms with Crippen LogP contribution < -0.4 is 9.46 Å². The van der Waals surface area contributed by atoms with Gasteiger partial charge in [0, 0.05) is 12.0 Å². The molecule has 1 atom stereocenters. The van der Waals surface area contributed by atoms with Crippen molar-refractivity contribution in [2.75, 3.05) is 6.61 Å². The highest BCUT2D eigenvalue weighted by molar-refractivity contribution is 7.89. The van der Waals surface area contributed by atoms with Crippen LogP contribution in [0.5, 0.6) is 5.75 Å². The molecule has 116 valence electrons. The second kappa shape index (κ2) is 5.70. The maximum absolute atomic E-state index is 13.5. The van der Waals surface area contributed by atoms with Gasteiger partial charge in [0.05, 0.1) is 17.5 Å². The number of sulfonamides is 1. The normalized spacial score (nSPS) is 17.6. The van der Waals surface area contributed by atoms with Crippen molar-refractivity contribution < 1.29 is 17.5 Å². The second-order valence-electron chi connectivity index (χ2n) is 5.26. The predicted octanol–water partition coefficient (Wildman–Crippen LogP) is 2.94. The quantitative estimate of drug-likeness (QED) is 0.945. The number of nitrogens with one attached hydrogen (secondary N) is 1. The molecule has 0 saturated carbocycles. The van der Waals surface area contributed by atoms with Crippen LogP contribution in [0.4, 0.5) is 4.39 Å². The van der Waals surface area contributed by atoms with Crippen LogP contribution in [0.15, 0.2) is 47.4 Å². The number of ether oxygens (including phenoxy) is 1. The zero-order valence-electron chi connectivity index (χ0n) is 12.0. The molecule has 0 amide bonds. The van der Waals surface area contributed by atoms with Crippen molar-refractivity contribution >= 4 is 10.0 Å². The molecule has 22 heavy (non-hydrogen) atoms. The third-order valence-electron chi connectivity index (χ3n) is 3.69. The molecule has 1 aliphatic rings. The topological polar surface area (TPSA) is 55.4 Å². The molecular weight excluding hydrogens is 305 g/mol. The number of rotatable bonds is 3. The third kappa shape index (κ3) is 2.84. The van der Waals surface area contributed by atoms with E-state index in [0.717, 1.165) is 0 Å². The van der Waals surface area contributed by atoms with E-state index in [0.29, 0.717) is 29.9 Å². The number of hydrogen-bond acceptors (Lipinski definition) is 3. The number of benzene rings is 2. The minimum Gasteiger partial charge on any atom is -0.493 e. The number of fused-ring (bicyclic) bond motifs is 1. The highest BCUT2D eigenvalue weighted by atomic mass is 32.2. The van der Waals surface area contributed by atoms with Crippen LogP contribution in [0.25, 0.3) is 0 Å². The number of hydrogen-bond donors (Lipinski definition) is 1. The lowest BCUT2D eigenvalue weighted by molar-refractivity contribution is 0.262. The Morgan fingerprint density at radius 3 is 2.77 bits per heavy atom. The van der Waals surface area contributed by atoms with E-state index < -0.39 is 21.9 Å². The van der Waals surface area contributed by atoms with E-state index in [9.17, 15) is 12.8 Å². The number of aryl methyl sites for hydroxylation is 1. The molecular formula is C16H16FNO3S. The molecule has 1 unspecified atom stereocenters. The Kier molecular flexibility index (Phi) is 3.88. The molecule has 6 heteroatoms. The van der Waals surface area contributed by atoms with Crippen molar-refractivity contribution in [3.05, 3.63) is 59.4 Å². The zero-order chi connectivity index (χ0) is 15.7. The number of halogens is 1. The minimum absolute atomic E-state index is 0.236. The Bertz CT molecular complexity index is 805. The first-order chi connectivity index (χ1) is 10.5. The Balaban J connectivity index is 1.95. The average molecular weight is 321 g/mol. The highest BCUT2D eigenvalue weighted by Crippen LogP contribution is 2.33. The molecule has 0 spiro atoms. The van der Waals surface area contributed by atoms with Gasteiger partial charge in [-0.1, -0.05) is 18.2 Å². The van der Waals surface area contributed by atoms with Crippen LogP contribution in [-0.4, -0.2) is 15.0 Å². The van der Waals surface area contributed by atoms with Gasteiger partial charge in [0.15, 0.2) is 0 Å². The molecule has 1 aliphatic heterocycles. The van der Waals surface area contributed by atoms with Crippen LogP contribution in [-0.2, 0) is 10.0 Å². The fourth-order valence-electron chi connectivity index (χ4n) is 2.60. The summed E-state index contributed by atoms with van der Waals surface area (Å²) in [5.41, 5.74) is 1.20. The molecule has 4 nitrogen and oxygen atoms in total. The van der Waals surface area contributed by atoms with E-state index in [4.69, 9.17) is 4.74 Å². The summed E-state index contributed by atoms with van der Waals surface area (Å²) in [4.78, 5) is 0.236. The van der Waals surface area contributed by atoms with Crippen molar-refractivity contribution in [2.45, 2.75) is 24.3 Å². The van der Waals surface area contributed by atoms with Crippen LogP contribution in [0, 0.1) is 12.7 Å². The Morgan fingerprint density at radius 2 is 2.00 bits per heavy atom. The maximum Gasteiger partial charge on any atom is 0.241 e. The Morgan fingerprint density at radius 1 is 1.23 bits per heavy atom. The van der Waals surface area contributed by atoms with Crippen molar-refractivity contribution in [3.63, 3.8) is 0 Å². The van der Waals surface area contributed by atoms with Gasteiger partial charge in [0.2, 0.25) is 10.0 Å². The molecule has 3 rings (SSSR count). The van der Waals surface area contributed by atoms with Gasteiger partial charge in [0.25, 0.3) is 0 Å². The third-order valence-corrected chi connectivity index (χ3v) is 5.32. The van der Waals surface area contributed by atoms with Gasteiger partial charge in [-0.3, -0.25) is 0 Å². The van der Waals surface area contributed by atoms with E-state index in [1.807, 2.05) is 0 Å². The summed E-state index contributed by atoms with van der Waals surface area (Å²) in [7, 11) is -3.67. The van der Waals surface area contributed by atoms with E-state index >= 15 is 0 Å². The molecule has 0 aromatic heterocycles. The first-order valence-electron chi connectivity index (χ1n) is 6.97. The molecule has 0 fully saturated rings. The van der Waals surface area contributed by atoms with Crippen molar-refractivity contribution in [3.8, 4) is 5.75 Å². The Hall–Kier alpha value is -1.92. The lowest BCUT2D eigenvalue weighted by Gasteiger charge is -2.26. The summed E-state index contributed by atoms with van der Waals surface area (Å²) in [6.07, 6.45) is 0.460. The van der Waals surface area contributed by atoms with Crippen LogP contribution in [0.2, 0.25) is 0 Å². The molecule has 0 radical (unpaired) electrons. The van der Waals surface area contributed by atoms with Crippen molar-refractivity contribution in [1.82, 2.24) is 4.72 Å². The van der Waals surface area contributed by atoms with E-state index in [2.05, 4.69) is 4.72 Å². The van der Waals surface area contributed by atoms with Gasteiger partial charge < -0.3 is 4.74 Å². The standard InChI is InChI=1S/C16H16FNO3S/c1-11-4-2-3-5-16(11)22(19,20)18-14-8-9-21-15-7-6-12(17)10-13(14)15/h2-7,10,14,18H,8-9H2,1H3. The molecule has 2 aromatic rings. The first-order valence-corrected chi connectivity index (χ1v) is 8.46. The molecule has 0 saturated heterocycles. The molecule has 0 aliphatic carbocycles. The van der Waals surface area contributed by atoms with Crippen molar-refractivity contribution in [2.24, 2.45) is 0 Å². The summed E-state index contributed by atoms with van der Waals surface area (Å²) in [5, 5.41) is 0. The summed E-state index contributed by atoms with van der Waals surface area (Å²) in [6.45, 7) is 2.13. The van der Waals surface area contributed by atoms with Gasteiger partial charge >= 0.3 is 0 Å². The SMILES string of the molecule is Cc1ccccc1S(=O)(=O)NC1CCOc2ccc(F)cc21. The fourth-order valence-corrected chi connectivity index (χ4v) is 4.09. The van der Waals surface area contributed by atoms with Crippen LogP contribution in [0.3, 0.4) is 0 Å². The van der Waals surface area contributed by atoms with Gasteiger partial charge in [-0.05, 0) is 36.8 Å². The van der Waals surface area contributed by atoms with E-state index in [1.54, 1.807) is 31.2 Å². The average Bonchev–Trinajstić information content (AvgIpc) is 2.48. The first kappa shape index (κ1) is 15.0. The molecule has 1 N–H and O–H groups in total. The lowest BCUT2D eigenvalue weighted by Crippen LogP contribution is -2.32. The Labute approximate surface area is 129 Å². The summed E-state index contributed by atoms with van der Waals surface area (Å²) in [5.74, 6) is 0.106. The monoisotopic (exact) mass is 321 g/mol. The minimum atomic E-state index is -3.67. The summed E-state index contributed by atoms with van der Waals surface area (Å²) >= 11 is 0. The fraction of sp³-hybridized carbons (Fsp3) is 0.250. The molecule has 2 aromatic carbocycles. The maximum atomic E-state index is 13.5. The molecule has 0 bridgehead atoms.